The van der Waals surface area contributed by atoms with E-state index in [1.807, 2.05) is 0 Å². The van der Waals surface area contributed by atoms with Gasteiger partial charge in [-0.1, -0.05) is 78.1 Å². The lowest BCUT2D eigenvalue weighted by atomic mass is 9.66. The number of aliphatic hydroxyl groups is 1. The van der Waals surface area contributed by atoms with Gasteiger partial charge in [-0.2, -0.15) is 5.26 Å². The maximum absolute atomic E-state index is 10.6. The van der Waals surface area contributed by atoms with Crippen molar-refractivity contribution in [3.8, 4) is 6.07 Å². The summed E-state index contributed by atoms with van der Waals surface area (Å²) in [5, 5.41) is 20.2. The quantitative estimate of drug-likeness (QED) is 0.533. The van der Waals surface area contributed by atoms with E-state index in [-0.39, 0.29) is 0 Å². The summed E-state index contributed by atoms with van der Waals surface area (Å²) in [5.41, 5.74) is -0.443. The largest absolute Gasteiger partial charge is 0.391 e. The summed E-state index contributed by atoms with van der Waals surface area (Å²) in [4.78, 5) is 0. The van der Waals surface area contributed by atoms with Crippen LogP contribution in [0, 0.1) is 22.7 Å². The molecule has 3 unspecified atom stereocenters. The minimum Gasteiger partial charge on any atom is -0.391 e. The minimum atomic E-state index is -0.443. The van der Waals surface area contributed by atoms with E-state index in [1.54, 1.807) is 0 Å². The number of hydrogen-bond acceptors (Lipinski definition) is 2. The molecule has 1 N–H and O–H groups in total. The molecule has 0 heterocycles. The first-order chi connectivity index (χ1) is 10.2. The maximum Gasteiger partial charge on any atom is 0.0834 e. The van der Waals surface area contributed by atoms with Crippen molar-refractivity contribution in [2.75, 3.05) is 0 Å². The van der Waals surface area contributed by atoms with E-state index < -0.39 is 11.5 Å². The highest BCUT2D eigenvalue weighted by molar-refractivity contribution is 5.06. The summed E-state index contributed by atoms with van der Waals surface area (Å²) in [6.45, 7) is 4.45. The Hall–Kier alpha value is -0.550. The zero-order valence-electron chi connectivity index (χ0n) is 14.2. The van der Waals surface area contributed by atoms with Gasteiger partial charge >= 0.3 is 0 Å². The van der Waals surface area contributed by atoms with Gasteiger partial charge in [-0.05, 0) is 25.2 Å². The lowest BCUT2D eigenvalue weighted by molar-refractivity contribution is 0.0128. The van der Waals surface area contributed by atoms with Crippen molar-refractivity contribution in [3.05, 3.63) is 0 Å². The second-order valence-corrected chi connectivity index (χ2v) is 7.06. The smallest absolute Gasteiger partial charge is 0.0834 e. The third kappa shape index (κ3) is 5.99. The van der Waals surface area contributed by atoms with E-state index in [0.29, 0.717) is 5.92 Å². The van der Waals surface area contributed by atoms with E-state index in [2.05, 4.69) is 19.9 Å². The van der Waals surface area contributed by atoms with E-state index >= 15 is 0 Å². The fourth-order valence-electron chi connectivity index (χ4n) is 3.82. The van der Waals surface area contributed by atoms with Crippen molar-refractivity contribution in [3.63, 3.8) is 0 Å². The van der Waals surface area contributed by atoms with Crippen LogP contribution in [0.5, 0.6) is 0 Å². The Bertz CT molecular complexity index is 309. The Morgan fingerprint density at radius 2 is 1.81 bits per heavy atom. The molecule has 122 valence electrons. The second-order valence-electron chi connectivity index (χ2n) is 7.06. The number of rotatable bonds is 10. The summed E-state index contributed by atoms with van der Waals surface area (Å²) in [5.74, 6) is 0.641. The van der Waals surface area contributed by atoms with Gasteiger partial charge in [-0.15, -0.1) is 0 Å². The van der Waals surface area contributed by atoms with Gasteiger partial charge in [0.2, 0.25) is 0 Å². The molecule has 1 rings (SSSR count). The minimum absolute atomic E-state index is 0.410. The third-order valence-electron chi connectivity index (χ3n) is 5.41. The van der Waals surface area contributed by atoms with Crippen LogP contribution in [0.3, 0.4) is 0 Å². The number of nitriles is 1. The first-order valence-electron chi connectivity index (χ1n) is 9.27. The molecule has 1 aliphatic carbocycles. The van der Waals surface area contributed by atoms with Crippen LogP contribution in [0.15, 0.2) is 0 Å². The molecule has 0 aromatic carbocycles. The van der Waals surface area contributed by atoms with Crippen molar-refractivity contribution in [1.29, 1.82) is 5.26 Å². The van der Waals surface area contributed by atoms with Crippen molar-refractivity contribution < 1.29 is 5.11 Å². The number of hydrogen-bond donors (Lipinski definition) is 1. The Labute approximate surface area is 131 Å². The highest BCUT2D eigenvalue weighted by Gasteiger charge is 2.41. The third-order valence-corrected chi connectivity index (χ3v) is 5.41. The molecule has 1 aliphatic rings. The van der Waals surface area contributed by atoms with Crippen molar-refractivity contribution >= 4 is 0 Å². The van der Waals surface area contributed by atoms with E-state index in [4.69, 9.17) is 0 Å². The zero-order valence-corrected chi connectivity index (χ0v) is 14.2. The van der Waals surface area contributed by atoms with Gasteiger partial charge in [-0.3, -0.25) is 0 Å². The van der Waals surface area contributed by atoms with Crippen molar-refractivity contribution in [2.24, 2.45) is 11.3 Å². The Balaban J connectivity index is 2.28. The molecule has 0 aromatic rings. The number of unbranched alkanes of at least 4 members (excludes halogenated alkanes) is 6. The average Bonchev–Trinajstić information content (AvgIpc) is 2.53. The standard InChI is InChI=1S/C19H35NO/c1-3-5-6-7-8-9-10-13-18(21)19(16-20)14-11-12-17(4-2)15-19/h17-18,21H,3-15H2,1-2H3. The summed E-state index contributed by atoms with van der Waals surface area (Å²) >= 11 is 0. The van der Waals surface area contributed by atoms with Crippen molar-refractivity contribution in [1.82, 2.24) is 0 Å². The molecular formula is C19H35NO. The topological polar surface area (TPSA) is 44.0 Å². The van der Waals surface area contributed by atoms with Crippen LogP contribution in [-0.4, -0.2) is 11.2 Å². The first-order valence-corrected chi connectivity index (χ1v) is 9.27. The SMILES string of the molecule is CCCCCCCCCC(O)C1(C#N)CCCC(CC)C1. The molecule has 1 fully saturated rings. The zero-order chi connectivity index (χ0) is 15.6. The van der Waals surface area contributed by atoms with Gasteiger partial charge in [0.05, 0.1) is 17.6 Å². The maximum atomic E-state index is 10.6. The monoisotopic (exact) mass is 293 g/mol. The first kappa shape index (κ1) is 18.5. The fraction of sp³-hybridized carbons (Fsp3) is 0.947. The fourth-order valence-corrected chi connectivity index (χ4v) is 3.82. The summed E-state index contributed by atoms with van der Waals surface area (Å²) in [7, 11) is 0. The molecule has 1 saturated carbocycles. The highest BCUT2D eigenvalue weighted by Crippen LogP contribution is 2.44. The van der Waals surface area contributed by atoms with Crippen LogP contribution in [0.4, 0.5) is 0 Å². The van der Waals surface area contributed by atoms with Gasteiger partial charge in [0.15, 0.2) is 0 Å². The van der Waals surface area contributed by atoms with Gasteiger partial charge < -0.3 is 5.11 Å². The van der Waals surface area contributed by atoms with E-state index in [9.17, 15) is 10.4 Å². The average molecular weight is 293 g/mol. The van der Waals surface area contributed by atoms with Crippen LogP contribution >= 0.6 is 0 Å². The Morgan fingerprint density at radius 1 is 1.14 bits per heavy atom. The molecule has 3 atom stereocenters. The molecule has 0 aliphatic heterocycles. The lowest BCUT2D eigenvalue weighted by Crippen LogP contribution is -2.38. The van der Waals surface area contributed by atoms with Crippen LogP contribution < -0.4 is 0 Å². The summed E-state index contributed by atoms with van der Waals surface area (Å²) in [6.07, 6.45) is 14.6. The Morgan fingerprint density at radius 3 is 2.43 bits per heavy atom. The van der Waals surface area contributed by atoms with E-state index in [1.165, 1.54) is 44.9 Å². The molecule has 0 aromatic heterocycles. The molecule has 0 spiro atoms. The molecule has 0 bridgehead atoms. The molecule has 0 saturated heterocycles. The van der Waals surface area contributed by atoms with Gasteiger partial charge in [0, 0.05) is 0 Å². The lowest BCUT2D eigenvalue weighted by Gasteiger charge is -2.39. The molecular weight excluding hydrogens is 258 g/mol. The molecule has 2 nitrogen and oxygen atoms in total. The number of nitrogens with zero attached hydrogens (tertiary/aromatic N) is 1. The van der Waals surface area contributed by atoms with Crippen LogP contribution in [0.25, 0.3) is 0 Å². The highest BCUT2D eigenvalue weighted by atomic mass is 16.3. The summed E-state index contributed by atoms with van der Waals surface area (Å²) in [6, 6.07) is 2.50. The predicted molar refractivity (Wildman–Crippen MR) is 88.9 cm³/mol. The molecule has 21 heavy (non-hydrogen) atoms. The normalized spacial score (nSPS) is 27.2. The van der Waals surface area contributed by atoms with Crippen LogP contribution in [-0.2, 0) is 0 Å². The van der Waals surface area contributed by atoms with E-state index in [0.717, 1.165) is 38.5 Å². The van der Waals surface area contributed by atoms with Gasteiger partial charge in [0.1, 0.15) is 0 Å². The summed E-state index contributed by atoms with van der Waals surface area (Å²) < 4.78 is 0. The predicted octanol–water partition coefficient (Wildman–Crippen LogP) is 5.60. The molecule has 2 heteroatoms. The van der Waals surface area contributed by atoms with Crippen molar-refractivity contribution in [2.45, 2.75) is 103 Å². The van der Waals surface area contributed by atoms with Crippen LogP contribution in [0.1, 0.15) is 97.3 Å². The van der Waals surface area contributed by atoms with Gasteiger partial charge in [-0.25, -0.2) is 0 Å². The molecule has 0 radical (unpaired) electrons. The van der Waals surface area contributed by atoms with Crippen LogP contribution in [0.2, 0.25) is 0 Å². The molecule has 0 amide bonds. The Kier molecular flexibility index (Phi) is 9.00. The van der Waals surface area contributed by atoms with Gasteiger partial charge in [0.25, 0.3) is 0 Å². The number of aliphatic hydroxyl groups excluding tert-OH is 1. The second kappa shape index (κ2) is 10.2.